The molecule has 0 aromatic rings. The third kappa shape index (κ3) is 35.5. The van der Waals surface area contributed by atoms with Gasteiger partial charge in [0, 0.05) is 19.3 Å². The average molecular weight is 752 g/mol. The quantitative estimate of drug-likeness (QED) is 0.0266. The van der Waals surface area contributed by atoms with Crippen molar-refractivity contribution in [1.82, 2.24) is 0 Å². The molecule has 0 rings (SSSR count). The third-order valence-corrected chi connectivity index (χ3v) is 10.1. The second kappa shape index (κ2) is 37.0. The van der Waals surface area contributed by atoms with E-state index in [2.05, 4.69) is 26.0 Å². The fraction of sp³-hybridized carbons (Fsp3) is 0.889. The van der Waals surface area contributed by atoms with Gasteiger partial charge in [0.2, 0.25) is 0 Å². The maximum absolute atomic E-state index is 12.6. The zero-order valence-electron chi connectivity index (χ0n) is 35.4. The lowest BCUT2D eigenvalue weighted by Crippen LogP contribution is -2.55. The molecule has 0 aromatic carbocycles. The van der Waals surface area contributed by atoms with Crippen molar-refractivity contribution < 1.29 is 38.2 Å². The van der Waals surface area contributed by atoms with Crippen LogP contribution < -0.4 is 5.11 Å². The molecule has 0 aliphatic rings. The highest BCUT2D eigenvalue weighted by molar-refractivity contribution is 5.70. The van der Waals surface area contributed by atoms with Gasteiger partial charge >= 0.3 is 11.9 Å². The number of carbonyl (C=O) groups is 3. The number of quaternary nitrogens is 1. The maximum atomic E-state index is 12.6. The molecule has 0 heterocycles. The third-order valence-electron chi connectivity index (χ3n) is 10.1. The van der Waals surface area contributed by atoms with Gasteiger partial charge in [-0.25, -0.2) is 0 Å². The van der Waals surface area contributed by atoms with Gasteiger partial charge in [-0.15, -0.1) is 0 Å². The Labute approximate surface area is 327 Å². The number of unbranched alkanes of at least 4 members (excludes halogenated alkanes) is 24. The minimum atomic E-state index is -1.12. The van der Waals surface area contributed by atoms with E-state index in [0.29, 0.717) is 12.8 Å². The summed E-state index contributed by atoms with van der Waals surface area (Å²) in [6, 6.07) is -0.722. The van der Waals surface area contributed by atoms with Crippen molar-refractivity contribution in [2.75, 3.05) is 41.0 Å². The van der Waals surface area contributed by atoms with Crippen LogP contribution in [0.5, 0.6) is 0 Å². The second-order valence-electron chi connectivity index (χ2n) is 16.3. The van der Waals surface area contributed by atoms with E-state index in [1.165, 1.54) is 116 Å². The summed E-state index contributed by atoms with van der Waals surface area (Å²) in [6.07, 6.45) is 38.1. The molecule has 2 unspecified atom stereocenters. The van der Waals surface area contributed by atoms with Gasteiger partial charge in [-0.2, -0.15) is 0 Å². The molecule has 0 aliphatic carbocycles. The average Bonchev–Trinajstić information content (AvgIpc) is 3.11. The van der Waals surface area contributed by atoms with Crippen molar-refractivity contribution in [3.63, 3.8) is 0 Å². The fourth-order valence-electron chi connectivity index (χ4n) is 6.66. The number of likely N-dealkylation sites (N-methyl/N-ethyl adjacent to an activating group) is 1. The van der Waals surface area contributed by atoms with Crippen LogP contribution in [-0.4, -0.2) is 75.5 Å². The molecule has 312 valence electrons. The van der Waals surface area contributed by atoms with Crippen LogP contribution in [0.2, 0.25) is 0 Å². The molecule has 0 fully saturated rings. The molecule has 53 heavy (non-hydrogen) atoms. The minimum absolute atomic E-state index is 0.0424. The number of rotatable bonds is 40. The monoisotopic (exact) mass is 752 g/mol. The Hall–Kier alpha value is -1.93. The molecule has 0 saturated heterocycles. The van der Waals surface area contributed by atoms with Gasteiger partial charge in [-0.05, 0) is 32.1 Å². The number of carboxylic acid groups (broad SMARTS) is 1. The molecular formula is C45H85NO7. The van der Waals surface area contributed by atoms with Crippen molar-refractivity contribution in [1.29, 1.82) is 0 Å². The number of hydrogen-bond donors (Lipinski definition) is 0. The van der Waals surface area contributed by atoms with Gasteiger partial charge < -0.3 is 28.6 Å². The summed E-state index contributed by atoms with van der Waals surface area (Å²) >= 11 is 0. The van der Waals surface area contributed by atoms with E-state index in [0.717, 1.165) is 57.8 Å². The Morgan fingerprint density at radius 2 is 0.981 bits per heavy atom. The van der Waals surface area contributed by atoms with Crippen molar-refractivity contribution in [3.05, 3.63) is 12.2 Å². The Morgan fingerprint density at radius 1 is 0.547 bits per heavy atom. The second-order valence-corrected chi connectivity index (χ2v) is 16.3. The molecule has 0 aliphatic heterocycles. The topological polar surface area (TPSA) is 102 Å². The molecule has 8 nitrogen and oxygen atoms in total. The summed E-state index contributed by atoms with van der Waals surface area (Å²) in [4.78, 5) is 36.7. The molecule has 2 atom stereocenters. The fourth-order valence-corrected chi connectivity index (χ4v) is 6.66. The van der Waals surface area contributed by atoms with Crippen molar-refractivity contribution >= 4 is 17.9 Å². The van der Waals surface area contributed by atoms with Gasteiger partial charge in [0.25, 0.3) is 0 Å². The number of carboxylic acids is 1. The molecule has 8 heteroatoms. The number of esters is 2. The lowest BCUT2D eigenvalue weighted by Gasteiger charge is -2.34. The normalized spacial score (nSPS) is 13.0. The van der Waals surface area contributed by atoms with Crippen molar-refractivity contribution in [2.24, 2.45) is 0 Å². The zero-order valence-corrected chi connectivity index (χ0v) is 35.4. The summed E-state index contributed by atoms with van der Waals surface area (Å²) in [6.45, 7) is 4.61. The number of aliphatic carboxylic acids is 1. The Morgan fingerprint density at radius 3 is 1.43 bits per heavy atom. The first-order valence-electron chi connectivity index (χ1n) is 22.2. The van der Waals surface area contributed by atoms with E-state index in [9.17, 15) is 19.5 Å². The van der Waals surface area contributed by atoms with E-state index in [1.807, 2.05) is 0 Å². The van der Waals surface area contributed by atoms with Gasteiger partial charge in [-0.3, -0.25) is 9.59 Å². The largest absolute Gasteiger partial charge is 0.544 e. The van der Waals surface area contributed by atoms with E-state index >= 15 is 0 Å². The van der Waals surface area contributed by atoms with Gasteiger partial charge in [0.15, 0.2) is 6.10 Å². The van der Waals surface area contributed by atoms with Crippen LogP contribution in [0.4, 0.5) is 0 Å². The smallest absolute Gasteiger partial charge is 0.306 e. The van der Waals surface area contributed by atoms with Gasteiger partial charge in [0.1, 0.15) is 12.6 Å². The van der Waals surface area contributed by atoms with Gasteiger partial charge in [-0.1, -0.05) is 167 Å². The van der Waals surface area contributed by atoms with E-state index in [-0.39, 0.29) is 42.7 Å². The maximum Gasteiger partial charge on any atom is 0.306 e. The van der Waals surface area contributed by atoms with Crippen LogP contribution in [-0.2, 0) is 28.6 Å². The molecule has 0 spiro atoms. The zero-order chi connectivity index (χ0) is 39.3. The Kier molecular flexibility index (Phi) is 35.7. The summed E-state index contributed by atoms with van der Waals surface area (Å²) in [5.41, 5.74) is 0. The first-order valence-corrected chi connectivity index (χ1v) is 22.2. The molecular weight excluding hydrogens is 666 g/mol. The molecule has 0 N–H and O–H groups in total. The highest BCUT2D eigenvalue weighted by atomic mass is 16.6. The van der Waals surface area contributed by atoms with E-state index < -0.39 is 18.1 Å². The van der Waals surface area contributed by atoms with Crippen LogP contribution in [0, 0.1) is 0 Å². The van der Waals surface area contributed by atoms with Gasteiger partial charge in [0.05, 0.1) is 40.3 Å². The molecule has 0 aromatic heterocycles. The SMILES string of the molecule is CCC/C=C\CCCCCCCC(=O)OC(COCCC(C(=O)[O-])[N+](C)(C)C)COC(=O)CCCCCCCCCCCCCCCCCCCCC. The van der Waals surface area contributed by atoms with Crippen molar-refractivity contribution in [2.45, 2.75) is 219 Å². The van der Waals surface area contributed by atoms with E-state index in [4.69, 9.17) is 14.2 Å². The van der Waals surface area contributed by atoms with Crippen LogP contribution in [0.25, 0.3) is 0 Å². The minimum Gasteiger partial charge on any atom is -0.544 e. The van der Waals surface area contributed by atoms with E-state index in [1.54, 1.807) is 21.1 Å². The lowest BCUT2D eigenvalue weighted by atomic mass is 10.0. The highest BCUT2D eigenvalue weighted by Gasteiger charge is 2.25. The Balaban J connectivity index is 4.21. The lowest BCUT2D eigenvalue weighted by molar-refractivity contribution is -0.889. The predicted octanol–water partition coefficient (Wildman–Crippen LogP) is 10.6. The number of carbonyl (C=O) groups excluding carboxylic acids is 3. The number of nitrogens with zero attached hydrogens (tertiary/aromatic N) is 1. The summed E-state index contributed by atoms with van der Waals surface area (Å²) in [5.74, 6) is -1.74. The van der Waals surface area contributed by atoms with Crippen molar-refractivity contribution in [3.8, 4) is 0 Å². The first-order chi connectivity index (χ1) is 25.6. The number of allylic oxidation sites excluding steroid dienone is 2. The highest BCUT2D eigenvalue weighted by Crippen LogP contribution is 2.16. The summed E-state index contributed by atoms with van der Waals surface area (Å²) < 4.78 is 17.1. The molecule has 0 amide bonds. The molecule has 0 bridgehead atoms. The van der Waals surface area contributed by atoms with Crippen LogP contribution in [0.3, 0.4) is 0 Å². The number of hydrogen-bond acceptors (Lipinski definition) is 7. The van der Waals surface area contributed by atoms with Crippen LogP contribution in [0.15, 0.2) is 12.2 Å². The Bertz CT molecular complexity index is 885. The standard InChI is InChI=1S/C45H85NO7/c1-6-8-10-12-14-16-18-19-20-21-22-23-24-25-26-28-29-31-33-35-43(47)52-40-41(39-51-38-37-42(45(49)50)46(3,4)5)53-44(48)36-34-32-30-27-17-15-13-11-9-7-2/h11,13,41-42H,6-10,12,14-40H2,1-5H3/b13-11-. The summed E-state index contributed by atoms with van der Waals surface area (Å²) in [7, 11) is 5.41. The first kappa shape index (κ1) is 51.1. The molecule has 0 saturated carbocycles. The predicted molar refractivity (Wildman–Crippen MR) is 217 cm³/mol. The van der Waals surface area contributed by atoms with Crippen LogP contribution >= 0.6 is 0 Å². The number of ether oxygens (including phenoxy) is 3. The molecule has 0 radical (unpaired) electrons. The van der Waals surface area contributed by atoms with Crippen LogP contribution in [0.1, 0.15) is 206 Å². The summed E-state index contributed by atoms with van der Waals surface area (Å²) in [5, 5.41) is 11.6.